The molecule has 6 nitrogen and oxygen atoms in total. The van der Waals surface area contributed by atoms with Crippen LogP contribution in [0, 0.1) is 0 Å². The first-order valence-electron chi connectivity index (χ1n) is 7.37. The maximum Gasteiger partial charge on any atom is 0.352 e. The highest BCUT2D eigenvalue weighted by Gasteiger charge is 2.18. The Labute approximate surface area is 157 Å². The van der Waals surface area contributed by atoms with Gasteiger partial charge in [-0.15, -0.1) is 0 Å². The largest absolute Gasteiger partial charge is 0.508 e. The highest BCUT2D eigenvalue weighted by atomic mass is 35.5. The van der Waals surface area contributed by atoms with Crippen LogP contribution in [0.25, 0.3) is 17.0 Å². The van der Waals surface area contributed by atoms with E-state index in [1.165, 1.54) is 42.5 Å². The van der Waals surface area contributed by atoms with Crippen molar-refractivity contribution in [2.75, 3.05) is 5.32 Å². The molecule has 1 heterocycles. The number of nitrogens with one attached hydrogen (secondary N) is 2. The molecule has 0 fully saturated rings. The average Bonchev–Trinajstić information content (AvgIpc) is 2.94. The van der Waals surface area contributed by atoms with E-state index in [-0.39, 0.29) is 22.0 Å². The van der Waals surface area contributed by atoms with Gasteiger partial charge in [0.1, 0.15) is 11.4 Å². The number of amides is 1. The molecule has 0 bridgehead atoms. The van der Waals surface area contributed by atoms with Crippen LogP contribution in [0.5, 0.6) is 5.75 Å². The van der Waals surface area contributed by atoms with Crippen molar-refractivity contribution in [1.29, 1.82) is 0 Å². The van der Waals surface area contributed by atoms with E-state index in [0.29, 0.717) is 21.6 Å². The number of anilines is 1. The molecule has 132 valence electrons. The number of phenolic OH excluding ortho intramolecular Hbond substituents is 1. The fraction of sp³-hybridized carbons (Fsp3) is 0. The Bertz CT molecular complexity index is 1040. The van der Waals surface area contributed by atoms with Crippen molar-refractivity contribution in [3.05, 3.63) is 63.8 Å². The maximum atomic E-state index is 12.1. The van der Waals surface area contributed by atoms with E-state index >= 15 is 0 Å². The van der Waals surface area contributed by atoms with Crippen molar-refractivity contribution in [2.45, 2.75) is 0 Å². The number of carboxylic acid groups (broad SMARTS) is 1. The van der Waals surface area contributed by atoms with Gasteiger partial charge in [0.15, 0.2) is 0 Å². The van der Waals surface area contributed by atoms with Gasteiger partial charge in [-0.1, -0.05) is 23.2 Å². The van der Waals surface area contributed by atoms with Crippen molar-refractivity contribution in [2.24, 2.45) is 0 Å². The van der Waals surface area contributed by atoms with E-state index in [1.54, 1.807) is 6.07 Å². The Morgan fingerprint density at radius 3 is 2.46 bits per heavy atom. The van der Waals surface area contributed by atoms with E-state index in [2.05, 4.69) is 10.3 Å². The van der Waals surface area contributed by atoms with E-state index in [1.807, 2.05) is 0 Å². The molecule has 8 heteroatoms. The van der Waals surface area contributed by atoms with Crippen molar-refractivity contribution < 1.29 is 19.8 Å². The van der Waals surface area contributed by atoms with Crippen LogP contribution in [0.15, 0.2) is 42.5 Å². The second kappa shape index (κ2) is 7.11. The third kappa shape index (κ3) is 3.66. The fourth-order valence-corrected chi connectivity index (χ4v) is 3.09. The summed E-state index contributed by atoms with van der Waals surface area (Å²) in [5.41, 5.74) is 1.12. The lowest BCUT2D eigenvalue weighted by atomic mass is 10.1. The molecule has 0 atom stereocenters. The summed E-state index contributed by atoms with van der Waals surface area (Å²) in [4.78, 5) is 26.3. The lowest BCUT2D eigenvalue weighted by molar-refractivity contribution is -0.111. The minimum Gasteiger partial charge on any atom is -0.508 e. The van der Waals surface area contributed by atoms with Crippen LogP contribution in [0.3, 0.4) is 0 Å². The van der Waals surface area contributed by atoms with Crippen LogP contribution in [0.2, 0.25) is 10.0 Å². The van der Waals surface area contributed by atoms with E-state index in [9.17, 15) is 19.8 Å². The third-order valence-corrected chi connectivity index (χ3v) is 4.12. The van der Waals surface area contributed by atoms with Gasteiger partial charge in [-0.3, -0.25) is 4.79 Å². The molecule has 0 unspecified atom stereocenters. The second-order valence-corrected chi connectivity index (χ2v) is 6.24. The van der Waals surface area contributed by atoms with Crippen molar-refractivity contribution in [3.8, 4) is 5.75 Å². The first kappa shape index (κ1) is 17.8. The predicted octanol–water partition coefficient (Wildman–Crippen LogP) is 4.53. The zero-order chi connectivity index (χ0) is 18.8. The number of phenols is 1. The maximum absolute atomic E-state index is 12.1. The van der Waals surface area contributed by atoms with Gasteiger partial charge >= 0.3 is 5.97 Å². The number of carbonyl (C=O) groups excluding carboxylic acids is 1. The number of carboxylic acids is 1. The summed E-state index contributed by atoms with van der Waals surface area (Å²) >= 11 is 12.1. The van der Waals surface area contributed by atoms with Crippen LogP contribution >= 0.6 is 23.2 Å². The quantitative estimate of drug-likeness (QED) is 0.388. The average molecular weight is 391 g/mol. The molecular weight excluding hydrogens is 379 g/mol. The Morgan fingerprint density at radius 1 is 1.12 bits per heavy atom. The topological polar surface area (TPSA) is 102 Å². The van der Waals surface area contributed by atoms with Gasteiger partial charge in [-0.25, -0.2) is 4.79 Å². The SMILES string of the molecule is O=C(/C=C/c1c(C(=O)O)[nH]c2cc(Cl)cc(Cl)c12)Nc1ccc(O)cc1. The van der Waals surface area contributed by atoms with Gasteiger partial charge in [-0.05, 0) is 42.5 Å². The van der Waals surface area contributed by atoms with Crippen LogP contribution in [0.4, 0.5) is 5.69 Å². The van der Waals surface area contributed by atoms with Gasteiger partial charge in [0.2, 0.25) is 5.91 Å². The number of halogens is 2. The van der Waals surface area contributed by atoms with E-state index in [4.69, 9.17) is 23.2 Å². The molecule has 3 rings (SSSR count). The molecule has 0 saturated heterocycles. The first-order valence-corrected chi connectivity index (χ1v) is 8.13. The van der Waals surface area contributed by atoms with Gasteiger partial charge in [0, 0.05) is 33.3 Å². The van der Waals surface area contributed by atoms with Crippen molar-refractivity contribution in [1.82, 2.24) is 4.98 Å². The summed E-state index contributed by atoms with van der Waals surface area (Å²) in [5.74, 6) is -1.57. The highest BCUT2D eigenvalue weighted by molar-refractivity contribution is 6.39. The van der Waals surface area contributed by atoms with Crippen LogP contribution in [-0.2, 0) is 4.79 Å². The zero-order valence-corrected chi connectivity index (χ0v) is 14.6. The number of fused-ring (bicyclic) bond motifs is 1. The number of H-pyrrole nitrogens is 1. The molecule has 2 aromatic carbocycles. The predicted molar refractivity (Wildman–Crippen MR) is 101 cm³/mol. The molecule has 1 aromatic heterocycles. The summed E-state index contributed by atoms with van der Waals surface area (Å²) in [5, 5.41) is 22.3. The van der Waals surface area contributed by atoms with Crippen LogP contribution < -0.4 is 5.32 Å². The second-order valence-electron chi connectivity index (χ2n) is 5.40. The molecular formula is C18H12Cl2N2O4. The summed E-state index contributed by atoms with van der Waals surface area (Å²) in [6.07, 6.45) is 2.57. The number of aromatic nitrogens is 1. The molecule has 4 N–H and O–H groups in total. The Hall–Kier alpha value is -2.96. The number of hydrogen-bond acceptors (Lipinski definition) is 3. The first-order chi connectivity index (χ1) is 12.3. The van der Waals surface area contributed by atoms with E-state index in [0.717, 1.165) is 0 Å². The number of aromatic hydroxyl groups is 1. The third-order valence-electron chi connectivity index (χ3n) is 3.60. The normalized spacial score (nSPS) is 11.2. The fourth-order valence-electron chi connectivity index (χ4n) is 2.50. The number of hydrogen-bond donors (Lipinski definition) is 4. The van der Waals surface area contributed by atoms with Gasteiger partial charge < -0.3 is 20.5 Å². The summed E-state index contributed by atoms with van der Waals surface area (Å²) < 4.78 is 0. The number of carbonyl (C=O) groups is 2. The highest BCUT2D eigenvalue weighted by Crippen LogP contribution is 2.33. The molecule has 0 aliphatic heterocycles. The summed E-state index contributed by atoms with van der Waals surface area (Å²) in [6, 6.07) is 9.00. The number of benzene rings is 2. The molecule has 3 aromatic rings. The molecule has 0 aliphatic carbocycles. The minimum atomic E-state index is -1.19. The lowest BCUT2D eigenvalue weighted by Gasteiger charge is -2.02. The lowest BCUT2D eigenvalue weighted by Crippen LogP contribution is -2.07. The molecule has 1 amide bonds. The smallest absolute Gasteiger partial charge is 0.352 e. The number of rotatable bonds is 4. The van der Waals surface area contributed by atoms with Gasteiger partial charge in [0.25, 0.3) is 0 Å². The minimum absolute atomic E-state index is 0.0803. The number of aromatic carboxylic acids is 1. The number of aromatic amines is 1. The van der Waals surface area contributed by atoms with Gasteiger partial charge in [-0.2, -0.15) is 0 Å². The molecule has 0 radical (unpaired) electrons. The van der Waals surface area contributed by atoms with Crippen molar-refractivity contribution >= 4 is 57.7 Å². The standard InChI is InChI=1S/C18H12Cl2N2O4/c19-9-7-13(20)16-12(17(18(25)26)22-14(16)8-9)5-6-15(24)21-10-1-3-11(23)4-2-10/h1-8,22-23H,(H,21,24)(H,25,26)/b6-5+. The molecule has 0 saturated carbocycles. The van der Waals surface area contributed by atoms with Crippen LogP contribution in [-0.4, -0.2) is 27.1 Å². The summed E-state index contributed by atoms with van der Waals surface area (Å²) in [7, 11) is 0. The Morgan fingerprint density at radius 2 is 1.81 bits per heavy atom. The Balaban J connectivity index is 1.95. The molecule has 0 aliphatic rings. The monoisotopic (exact) mass is 390 g/mol. The van der Waals surface area contributed by atoms with Crippen LogP contribution in [0.1, 0.15) is 16.1 Å². The van der Waals surface area contributed by atoms with Crippen molar-refractivity contribution in [3.63, 3.8) is 0 Å². The molecule has 0 spiro atoms. The Kier molecular flexibility index (Phi) is 4.88. The van der Waals surface area contributed by atoms with E-state index < -0.39 is 11.9 Å². The molecule has 26 heavy (non-hydrogen) atoms. The zero-order valence-electron chi connectivity index (χ0n) is 13.1. The summed E-state index contributed by atoms with van der Waals surface area (Å²) in [6.45, 7) is 0. The van der Waals surface area contributed by atoms with Gasteiger partial charge in [0.05, 0.1) is 5.02 Å².